The van der Waals surface area contributed by atoms with E-state index in [1.54, 1.807) is 0 Å². The summed E-state index contributed by atoms with van der Waals surface area (Å²) in [6, 6.07) is 6.51. The van der Waals surface area contributed by atoms with Crippen LogP contribution in [0.25, 0.3) is 0 Å². The maximum Gasteiger partial charge on any atom is 0.0593 e. The molecule has 0 radical (unpaired) electrons. The Morgan fingerprint density at radius 1 is 1.37 bits per heavy atom. The van der Waals surface area contributed by atoms with Gasteiger partial charge >= 0.3 is 0 Å². The average molecular weight is 262 g/mol. The van der Waals surface area contributed by atoms with Gasteiger partial charge in [-0.2, -0.15) is 0 Å². The van der Waals surface area contributed by atoms with Gasteiger partial charge < -0.3 is 10.5 Å². The second-order valence-electron chi connectivity index (χ2n) is 5.72. The monoisotopic (exact) mass is 262 g/mol. The molecule has 1 aromatic rings. The van der Waals surface area contributed by atoms with Crippen LogP contribution in [0.5, 0.6) is 0 Å². The molecule has 19 heavy (non-hydrogen) atoms. The van der Waals surface area contributed by atoms with E-state index in [1.807, 2.05) is 0 Å². The van der Waals surface area contributed by atoms with Crippen LogP contribution >= 0.6 is 0 Å². The molecule has 0 atom stereocenters. The van der Waals surface area contributed by atoms with Crippen LogP contribution in [0.15, 0.2) is 18.2 Å². The molecule has 0 aromatic heterocycles. The lowest BCUT2D eigenvalue weighted by molar-refractivity contribution is 0.102. The molecule has 1 aromatic carbocycles. The first-order chi connectivity index (χ1) is 9.19. The number of nitrogens with zero attached hydrogens (tertiary/aromatic N) is 1. The Labute approximate surface area is 116 Å². The Morgan fingerprint density at radius 3 is 2.79 bits per heavy atom. The van der Waals surface area contributed by atoms with E-state index in [1.165, 1.54) is 29.5 Å². The molecular weight excluding hydrogens is 236 g/mol. The minimum absolute atomic E-state index is 0.617. The van der Waals surface area contributed by atoms with Crippen molar-refractivity contribution in [3.63, 3.8) is 0 Å². The number of aryl methyl sites for hydroxylation is 1. The van der Waals surface area contributed by atoms with E-state index in [0.29, 0.717) is 6.54 Å². The zero-order valence-electron chi connectivity index (χ0n) is 12.2. The highest BCUT2D eigenvalue weighted by Gasteiger charge is 2.20. The molecular formula is C16H26N2O. The molecule has 1 saturated carbocycles. The molecule has 3 nitrogen and oxygen atoms in total. The summed E-state index contributed by atoms with van der Waals surface area (Å²) in [5.41, 5.74) is 9.56. The normalized spacial score (nSPS) is 15.2. The zero-order chi connectivity index (χ0) is 13.7. The number of nitrogens with two attached hydrogens (primary N) is 1. The van der Waals surface area contributed by atoms with E-state index in [4.69, 9.17) is 10.5 Å². The van der Waals surface area contributed by atoms with Gasteiger partial charge in [0.1, 0.15) is 0 Å². The minimum Gasteiger partial charge on any atom is -0.380 e. The van der Waals surface area contributed by atoms with Crippen molar-refractivity contribution in [3.8, 4) is 0 Å². The topological polar surface area (TPSA) is 38.5 Å². The van der Waals surface area contributed by atoms with Crippen LogP contribution in [0.3, 0.4) is 0 Å². The van der Waals surface area contributed by atoms with Crippen molar-refractivity contribution in [1.29, 1.82) is 0 Å². The lowest BCUT2D eigenvalue weighted by Gasteiger charge is -2.18. The second kappa shape index (κ2) is 7.04. The first-order valence-corrected chi connectivity index (χ1v) is 7.24. The standard InChI is InChI=1S/C16H26N2O/c1-13-9-15(10-17)5-6-16(13)11-18(2)7-8-19-12-14-3-4-14/h5-6,9,14H,3-4,7-8,10-12,17H2,1-2H3. The summed E-state index contributed by atoms with van der Waals surface area (Å²) in [5, 5.41) is 0. The molecule has 1 aliphatic carbocycles. The van der Waals surface area contributed by atoms with Crippen molar-refractivity contribution in [3.05, 3.63) is 34.9 Å². The predicted octanol–water partition coefficient (Wildman–Crippen LogP) is 2.31. The van der Waals surface area contributed by atoms with Crippen LogP contribution < -0.4 is 5.73 Å². The highest BCUT2D eigenvalue weighted by Crippen LogP contribution is 2.28. The van der Waals surface area contributed by atoms with Gasteiger partial charge in [-0.25, -0.2) is 0 Å². The van der Waals surface area contributed by atoms with Crippen molar-refractivity contribution in [2.45, 2.75) is 32.9 Å². The van der Waals surface area contributed by atoms with Crippen molar-refractivity contribution in [1.82, 2.24) is 4.90 Å². The Hall–Kier alpha value is -0.900. The lowest BCUT2D eigenvalue weighted by atomic mass is 10.0. The van der Waals surface area contributed by atoms with Gasteiger partial charge in [-0.1, -0.05) is 18.2 Å². The van der Waals surface area contributed by atoms with Gasteiger partial charge in [0.2, 0.25) is 0 Å². The van der Waals surface area contributed by atoms with E-state index in [-0.39, 0.29) is 0 Å². The van der Waals surface area contributed by atoms with E-state index >= 15 is 0 Å². The van der Waals surface area contributed by atoms with Crippen molar-refractivity contribution < 1.29 is 4.74 Å². The van der Waals surface area contributed by atoms with Crippen molar-refractivity contribution in [2.75, 3.05) is 26.8 Å². The van der Waals surface area contributed by atoms with Crippen LogP contribution in [0.1, 0.15) is 29.5 Å². The van der Waals surface area contributed by atoms with Crippen LogP contribution in [0.2, 0.25) is 0 Å². The molecule has 0 spiro atoms. The fourth-order valence-corrected chi connectivity index (χ4v) is 2.19. The van der Waals surface area contributed by atoms with Gasteiger partial charge in [-0.15, -0.1) is 0 Å². The third-order valence-electron chi connectivity index (χ3n) is 3.75. The number of likely N-dealkylation sites (N-methyl/N-ethyl adjacent to an activating group) is 1. The second-order valence-corrected chi connectivity index (χ2v) is 5.72. The number of hydrogen-bond acceptors (Lipinski definition) is 3. The van der Waals surface area contributed by atoms with Gasteiger partial charge in [0, 0.05) is 26.2 Å². The largest absolute Gasteiger partial charge is 0.380 e. The number of rotatable bonds is 8. The van der Waals surface area contributed by atoms with Crippen LogP contribution in [0.4, 0.5) is 0 Å². The van der Waals surface area contributed by atoms with Gasteiger partial charge in [0.25, 0.3) is 0 Å². The van der Waals surface area contributed by atoms with Crippen LogP contribution in [-0.2, 0) is 17.8 Å². The fraction of sp³-hybridized carbons (Fsp3) is 0.625. The first kappa shape index (κ1) is 14.5. The molecule has 2 N–H and O–H groups in total. The number of benzene rings is 1. The van der Waals surface area contributed by atoms with Crippen LogP contribution in [0, 0.1) is 12.8 Å². The maximum absolute atomic E-state index is 5.67. The number of ether oxygens (including phenoxy) is 1. The molecule has 0 heterocycles. The van der Waals surface area contributed by atoms with E-state index in [0.717, 1.165) is 32.2 Å². The van der Waals surface area contributed by atoms with E-state index < -0.39 is 0 Å². The molecule has 1 fully saturated rings. The summed E-state index contributed by atoms with van der Waals surface area (Å²) >= 11 is 0. The van der Waals surface area contributed by atoms with Crippen molar-refractivity contribution in [2.24, 2.45) is 11.7 Å². The highest BCUT2D eigenvalue weighted by molar-refractivity contribution is 5.30. The maximum atomic E-state index is 5.67. The Morgan fingerprint density at radius 2 is 2.16 bits per heavy atom. The average Bonchev–Trinajstić information content (AvgIpc) is 3.21. The summed E-state index contributed by atoms with van der Waals surface area (Å²) in [7, 11) is 2.15. The van der Waals surface area contributed by atoms with E-state index in [2.05, 4.69) is 37.1 Å². The third kappa shape index (κ3) is 4.94. The lowest BCUT2D eigenvalue weighted by Crippen LogP contribution is -2.23. The molecule has 106 valence electrons. The zero-order valence-corrected chi connectivity index (χ0v) is 12.2. The first-order valence-electron chi connectivity index (χ1n) is 7.24. The molecule has 0 aliphatic heterocycles. The molecule has 0 amide bonds. The van der Waals surface area contributed by atoms with Gasteiger partial charge in [0.05, 0.1) is 6.61 Å². The highest BCUT2D eigenvalue weighted by atomic mass is 16.5. The molecule has 0 unspecified atom stereocenters. The quantitative estimate of drug-likeness (QED) is 0.731. The molecule has 2 rings (SSSR count). The number of hydrogen-bond donors (Lipinski definition) is 1. The third-order valence-corrected chi connectivity index (χ3v) is 3.75. The summed E-state index contributed by atoms with van der Waals surface area (Å²) in [6.45, 7) is 6.54. The minimum atomic E-state index is 0.617. The smallest absolute Gasteiger partial charge is 0.0593 e. The molecule has 3 heteroatoms. The summed E-state index contributed by atoms with van der Waals surface area (Å²) in [5.74, 6) is 0.858. The summed E-state index contributed by atoms with van der Waals surface area (Å²) in [4.78, 5) is 2.32. The Bertz CT molecular complexity index is 402. The Balaban J connectivity index is 1.72. The fourth-order valence-electron chi connectivity index (χ4n) is 2.19. The van der Waals surface area contributed by atoms with Crippen LogP contribution in [-0.4, -0.2) is 31.7 Å². The van der Waals surface area contributed by atoms with Crippen molar-refractivity contribution >= 4 is 0 Å². The summed E-state index contributed by atoms with van der Waals surface area (Å²) < 4.78 is 5.67. The molecule has 0 bridgehead atoms. The van der Waals surface area contributed by atoms with Gasteiger partial charge in [-0.05, 0) is 49.4 Å². The molecule has 1 aliphatic rings. The van der Waals surface area contributed by atoms with Gasteiger partial charge in [0.15, 0.2) is 0 Å². The predicted molar refractivity (Wildman–Crippen MR) is 78.9 cm³/mol. The van der Waals surface area contributed by atoms with E-state index in [9.17, 15) is 0 Å². The summed E-state index contributed by atoms with van der Waals surface area (Å²) in [6.07, 6.45) is 2.73. The SMILES string of the molecule is Cc1cc(CN)ccc1CN(C)CCOCC1CC1. The molecule has 0 saturated heterocycles. The van der Waals surface area contributed by atoms with Gasteiger partial charge in [-0.3, -0.25) is 4.90 Å². The Kier molecular flexibility index (Phi) is 5.37.